The van der Waals surface area contributed by atoms with Gasteiger partial charge >= 0.3 is 0 Å². The molecule has 0 radical (unpaired) electrons. The molecule has 0 fully saturated rings. The number of fused-ring (bicyclic) bond motifs is 1. The maximum absolute atomic E-state index is 12.5. The maximum atomic E-state index is 12.5. The normalized spacial score (nSPS) is 11.8. The summed E-state index contributed by atoms with van der Waals surface area (Å²) in [6.07, 6.45) is 3.49. The maximum Gasteiger partial charge on any atom is 0.275 e. The number of amides is 1. The van der Waals surface area contributed by atoms with Crippen molar-refractivity contribution in [2.75, 3.05) is 0 Å². The van der Waals surface area contributed by atoms with Crippen molar-refractivity contribution in [1.29, 1.82) is 0 Å². The van der Waals surface area contributed by atoms with Gasteiger partial charge in [-0.25, -0.2) is 4.68 Å². The first-order chi connectivity index (χ1) is 13.6. The predicted octanol–water partition coefficient (Wildman–Crippen LogP) is 2.74. The molecule has 2 aromatic heterocycles. The minimum absolute atomic E-state index is 0.188. The van der Waals surface area contributed by atoms with Gasteiger partial charge < -0.3 is 4.57 Å². The summed E-state index contributed by atoms with van der Waals surface area (Å²) in [5.74, 6) is -0.412. The molecule has 0 unspecified atom stereocenters. The largest absolute Gasteiger partial charge is 0.319 e. The average molecular weight is 390 g/mol. The molecule has 0 saturated heterocycles. The van der Waals surface area contributed by atoms with Crippen LogP contribution in [0.15, 0.2) is 76.1 Å². The van der Waals surface area contributed by atoms with Gasteiger partial charge in [-0.2, -0.15) is 10.1 Å². The highest BCUT2D eigenvalue weighted by molar-refractivity contribution is 7.07. The zero-order valence-corrected chi connectivity index (χ0v) is 16.1. The molecule has 0 saturated carbocycles. The fourth-order valence-electron chi connectivity index (χ4n) is 2.91. The minimum atomic E-state index is -0.412. The third-order valence-electron chi connectivity index (χ3n) is 4.40. The number of aromatic nitrogens is 3. The third kappa shape index (κ3) is 3.84. The van der Waals surface area contributed by atoms with E-state index in [1.54, 1.807) is 18.3 Å². The van der Waals surface area contributed by atoms with Gasteiger partial charge in [0.15, 0.2) is 4.80 Å². The molecule has 7 heteroatoms. The first kappa shape index (κ1) is 18.1. The van der Waals surface area contributed by atoms with Crippen LogP contribution >= 0.6 is 11.3 Å². The second-order valence-electron chi connectivity index (χ2n) is 6.50. The van der Waals surface area contributed by atoms with Crippen LogP contribution in [-0.4, -0.2) is 20.3 Å². The summed E-state index contributed by atoms with van der Waals surface area (Å²) in [5.41, 5.74) is 2.04. The number of aryl methyl sites for hydroxylation is 1. The Morgan fingerprint density at radius 1 is 1.14 bits per heavy atom. The van der Waals surface area contributed by atoms with Gasteiger partial charge in [0.2, 0.25) is 0 Å². The van der Waals surface area contributed by atoms with Gasteiger partial charge in [-0.3, -0.25) is 9.59 Å². The van der Waals surface area contributed by atoms with Crippen LogP contribution in [0.2, 0.25) is 0 Å². The van der Waals surface area contributed by atoms with E-state index in [4.69, 9.17) is 0 Å². The molecular formula is C21H18N4O2S. The van der Waals surface area contributed by atoms with Crippen molar-refractivity contribution in [2.24, 2.45) is 4.99 Å². The smallest absolute Gasteiger partial charge is 0.275 e. The van der Waals surface area contributed by atoms with Gasteiger partial charge in [-0.05, 0) is 18.6 Å². The highest BCUT2D eigenvalue weighted by atomic mass is 32.1. The highest BCUT2D eigenvalue weighted by Gasteiger charge is 2.08. The van der Waals surface area contributed by atoms with Crippen LogP contribution in [0, 0.1) is 6.92 Å². The van der Waals surface area contributed by atoms with E-state index in [9.17, 15) is 9.59 Å². The van der Waals surface area contributed by atoms with Gasteiger partial charge in [-0.1, -0.05) is 48.0 Å². The minimum Gasteiger partial charge on any atom is -0.319 e. The number of carbonyl (C=O) groups is 1. The molecule has 2 aromatic carbocycles. The van der Waals surface area contributed by atoms with E-state index in [1.165, 1.54) is 16.9 Å². The SMILES string of the molecule is Cc1ccc(Cn2ccsc2=NC(=O)Cn2ncc3ccccc3c2=O)cc1. The summed E-state index contributed by atoms with van der Waals surface area (Å²) < 4.78 is 3.08. The van der Waals surface area contributed by atoms with Gasteiger partial charge in [0, 0.05) is 23.5 Å². The molecule has 0 aliphatic heterocycles. The Kier molecular flexibility index (Phi) is 4.99. The number of hydrogen-bond donors (Lipinski definition) is 0. The van der Waals surface area contributed by atoms with Crippen molar-refractivity contribution in [3.8, 4) is 0 Å². The Balaban J connectivity index is 1.58. The second-order valence-corrected chi connectivity index (χ2v) is 7.37. The Bertz CT molecular complexity index is 1270. The lowest BCUT2D eigenvalue weighted by Gasteiger charge is -2.05. The summed E-state index contributed by atoms with van der Waals surface area (Å²) in [6, 6.07) is 15.4. The molecule has 28 heavy (non-hydrogen) atoms. The zero-order chi connectivity index (χ0) is 19.5. The number of nitrogens with zero attached hydrogens (tertiary/aromatic N) is 4. The number of benzene rings is 2. The summed E-state index contributed by atoms with van der Waals surface area (Å²) >= 11 is 1.39. The first-order valence-electron chi connectivity index (χ1n) is 8.82. The molecule has 0 atom stereocenters. The fourth-order valence-corrected chi connectivity index (χ4v) is 3.65. The van der Waals surface area contributed by atoms with Crippen molar-refractivity contribution in [2.45, 2.75) is 20.0 Å². The molecule has 0 bridgehead atoms. The molecule has 6 nitrogen and oxygen atoms in total. The fraction of sp³-hybridized carbons (Fsp3) is 0.143. The molecular weight excluding hydrogens is 372 g/mol. The van der Waals surface area contributed by atoms with Gasteiger partial charge in [0.25, 0.3) is 11.5 Å². The van der Waals surface area contributed by atoms with Crippen LogP contribution in [0.25, 0.3) is 10.8 Å². The molecule has 140 valence electrons. The van der Waals surface area contributed by atoms with Crippen LogP contribution < -0.4 is 10.4 Å². The van der Waals surface area contributed by atoms with Crippen LogP contribution in [0.4, 0.5) is 0 Å². The van der Waals surface area contributed by atoms with Crippen molar-refractivity contribution in [3.05, 3.63) is 92.6 Å². The Labute approximate surface area is 165 Å². The molecule has 2 heterocycles. The molecule has 0 aliphatic rings. The van der Waals surface area contributed by atoms with E-state index in [1.807, 2.05) is 35.2 Å². The molecule has 0 aliphatic carbocycles. The highest BCUT2D eigenvalue weighted by Crippen LogP contribution is 2.07. The van der Waals surface area contributed by atoms with E-state index in [-0.39, 0.29) is 12.1 Å². The topological polar surface area (TPSA) is 69.2 Å². The number of thiazole rings is 1. The van der Waals surface area contributed by atoms with Gasteiger partial charge in [0.05, 0.1) is 11.6 Å². The van der Waals surface area contributed by atoms with Crippen molar-refractivity contribution >= 4 is 28.0 Å². The monoisotopic (exact) mass is 390 g/mol. The summed E-state index contributed by atoms with van der Waals surface area (Å²) in [5, 5.41) is 7.27. The lowest BCUT2D eigenvalue weighted by molar-refractivity contribution is -0.118. The Morgan fingerprint density at radius 2 is 1.93 bits per heavy atom. The number of carbonyl (C=O) groups excluding carboxylic acids is 1. The van der Waals surface area contributed by atoms with Gasteiger partial charge in [0.1, 0.15) is 6.54 Å². The first-order valence-corrected chi connectivity index (χ1v) is 9.70. The quantitative estimate of drug-likeness (QED) is 0.538. The molecule has 0 N–H and O–H groups in total. The van der Waals surface area contributed by atoms with E-state index in [0.29, 0.717) is 16.7 Å². The summed E-state index contributed by atoms with van der Waals surface area (Å²) in [6.45, 7) is 2.49. The lowest BCUT2D eigenvalue weighted by Crippen LogP contribution is -2.27. The van der Waals surface area contributed by atoms with E-state index in [0.717, 1.165) is 15.6 Å². The zero-order valence-electron chi connectivity index (χ0n) is 15.3. The second kappa shape index (κ2) is 7.74. The van der Waals surface area contributed by atoms with E-state index in [2.05, 4.69) is 34.4 Å². The van der Waals surface area contributed by atoms with Crippen LogP contribution in [0.1, 0.15) is 11.1 Å². The van der Waals surface area contributed by atoms with Crippen molar-refractivity contribution < 1.29 is 4.79 Å². The Hall–Kier alpha value is -3.32. The lowest BCUT2D eigenvalue weighted by atomic mass is 10.1. The van der Waals surface area contributed by atoms with E-state index < -0.39 is 5.91 Å². The number of hydrogen-bond acceptors (Lipinski definition) is 4. The molecule has 0 spiro atoms. The summed E-state index contributed by atoms with van der Waals surface area (Å²) in [4.78, 5) is 29.7. The van der Waals surface area contributed by atoms with Crippen LogP contribution in [-0.2, 0) is 17.9 Å². The van der Waals surface area contributed by atoms with E-state index >= 15 is 0 Å². The summed E-state index contributed by atoms with van der Waals surface area (Å²) in [7, 11) is 0. The molecule has 4 rings (SSSR count). The van der Waals surface area contributed by atoms with Crippen molar-refractivity contribution in [3.63, 3.8) is 0 Å². The van der Waals surface area contributed by atoms with Crippen LogP contribution in [0.5, 0.6) is 0 Å². The predicted molar refractivity (Wildman–Crippen MR) is 109 cm³/mol. The standard InChI is InChI=1S/C21H18N4O2S/c1-15-6-8-16(9-7-15)13-24-10-11-28-21(24)23-19(26)14-25-20(27)18-5-3-2-4-17(18)12-22-25/h2-12H,13-14H2,1H3. The Morgan fingerprint density at radius 3 is 2.75 bits per heavy atom. The van der Waals surface area contributed by atoms with Gasteiger partial charge in [-0.15, -0.1) is 11.3 Å². The number of rotatable bonds is 4. The van der Waals surface area contributed by atoms with Crippen LogP contribution in [0.3, 0.4) is 0 Å². The third-order valence-corrected chi connectivity index (χ3v) is 5.20. The average Bonchev–Trinajstić information content (AvgIpc) is 3.12. The molecule has 4 aromatic rings. The van der Waals surface area contributed by atoms with Crippen molar-refractivity contribution in [1.82, 2.24) is 14.3 Å². The molecule has 1 amide bonds.